The molecule has 0 atom stereocenters. The summed E-state index contributed by atoms with van der Waals surface area (Å²) in [6.45, 7) is 22.1. The van der Waals surface area contributed by atoms with Crippen molar-refractivity contribution in [2.24, 2.45) is 4.99 Å². The van der Waals surface area contributed by atoms with Crippen LogP contribution < -0.4 is 5.32 Å². The molecule has 0 heterocycles. The van der Waals surface area contributed by atoms with E-state index < -0.39 is 0 Å². The number of hydrogen-bond acceptors (Lipinski definition) is 3. The maximum atomic E-state index is 8.00. The van der Waals surface area contributed by atoms with Crippen LogP contribution in [0.5, 0.6) is 0 Å². The number of amidine groups is 1. The van der Waals surface area contributed by atoms with E-state index in [-0.39, 0.29) is 0 Å². The van der Waals surface area contributed by atoms with Gasteiger partial charge in [-0.1, -0.05) is 65.8 Å². The van der Waals surface area contributed by atoms with E-state index in [1.807, 2.05) is 65.7 Å². The van der Waals surface area contributed by atoms with E-state index >= 15 is 0 Å². The summed E-state index contributed by atoms with van der Waals surface area (Å²) in [5.41, 5.74) is 3.02. The molecule has 0 aliphatic heterocycles. The number of allylic oxidation sites excluding steroid dienone is 3. The lowest BCUT2D eigenvalue weighted by Crippen LogP contribution is -2.08. The summed E-state index contributed by atoms with van der Waals surface area (Å²) < 4.78 is 5.92. The second-order valence-electron chi connectivity index (χ2n) is 5.63. The Morgan fingerprint density at radius 3 is 2.14 bits per heavy atom. The molecule has 4 heteroatoms. The fourth-order valence-electron chi connectivity index (χ4n) is 2.03. The number of nitrogens with one attached hydrogen (secondary N) is 1. The molecule has 0 saturated carbocycles. The highest BCUT2D eigenvalue weighted by Gasteiger charge is 2.08. The Hall–Kier alpha value is -2.62. The molecule has 0 spiro atoms. The van der Waals surface area contributed by atoms with Gasteiger partial charge in [-0.25, -0.2) is 0 Å². The number of rotatable bonds is 6. The van der Waals surface area contributed by atoms with E-state index in [2.05, 4.69) is 49.8 Å². The lowest BCUT2D eigenvalue weighted by molar-refractivity contribution is -0.0979. The highest BCUT2D eigenvalue weighted by molar-refractivity contribution is 5.95. The van der Waals surface area contributed by atoms with Crippen LogP contribution in [0.3, 0.4) is 0 Å². The molecular formula is C25H42N2O2. The number of carbonyl (C=O) groups is 1. The molecule has 1 N–H and O–H groups in total. The summed E-state index contributed by atoms with van der Waals surface area (Å²) in [6.07, 6.45) is 8.07. The predicted molar refractivity (Wildman–Crippen MR) is 132 cm³/mol. The van der Waals surface area contributed by atoms with E-state index in [1.54, 1.807) is 7.05 Å². The van der Waals surface area contributed by atoms with Gasteiger partial charge >= 0.3 is 0 Å². The van der Waals surface area contributed by atoms with Crippen molar-refractivity contribution in [3.63, 3.8) is 0 Å². The molecule has 0 saturated heterocycles. The van der Waals surface area contributed by atoms with E-state index in [0.29, 0.717) is 0 Å². The third-order valence-corrected chi connectivity index (χ3v) is 3.23. The van der Waals surface area contributed by atoms with Gasteiger partial charge in [-0.15, -0.1) is 0 Å². The zero-order valence-corrected chi connectivity index (χ0v) is 20.1. The van der Waals surface area contributed by atoms with E-state index in [9.17, 15) is 0 Å². The zero-order chi connectivity index (χ0) is 23.2. The Kier molecular flexibility index (Phi) is 23.2. The van der Waals surface area contributed by atoms with E-state index in [4.69, 9.17) is 9.53 Å². The smallest absolute Gasteiger partial charge is 0.129 e. The Morgan fingerprint density at radius 1 is 1.17 bits per heavy atom. The third kappa shape index (κ3) is 14.1. The molecule has 0 aromatic heterocycles. The first-order valence-electron chi connectivity index (χ1n) is 10.2. The molecule has 1 aromatic carbocycles. The van der Waals surface area contributed by atoms with Crippen LogP contribution in [-0.2, 0) is 9.53 Å². The van der Waals surface area contributed by atoms with Crippen LogP contribution in [0, 0.1) is 0 Å². The largest absolute Gasteiger partial charge is 0.462 e. The van der Waals surface area contributed by atoms with E-state index in [1.165, 1.54) is 6.42 Å². The van der Waals surface area contributed by atoms with Crippen molar-refractivity contribution in [1.29, 1.82) is 0 Å². The summed E-state index contributed by atoms with van der Waals surface area (Å²) >= 11 is 0. The summed E-state index contributed by atoms with van der Waals surface area (Å²) in [4.78, 5) is 12.1. The number of aliphatic imine (C=N–C) groups is 1. The highest BCUT2D eigenvalue weighted by atomic mass is 16.5. The molecule has 0 bridgehead atoms. The number of carbonyl (C=O) groups excluding carboxylic acids is 1. The van der Waals surface area contributed by atoms with Crippen molar-refractivity contribution in [2.45, 2.75) is 68.2 Å². The Morgan fingerprint density at radius 2 is 1.72 bits per heavy atom. The summed E-state index contributed by atoms with van der Waals surface area (Å²) in [5, 5.41) is 3.29. The van der Waals surface area contributed by atoms with Crippen molar-refractivity contribution >= 4 is 30.1 Å². The van der Waals surface area contributed by atoms with Gasteiger partial charge in [-0.3, -0.25) is 4.99 Å². The number of ether oxygens (including phenoxy) is 1. The van der Waals surface area contributed by atoms with Crippen LogP contribution in [0.1, 0.15) is 79.4 Å². The quantitative estimate of drug-likeness (QED) is 0.301. The molecule has 1 aromatic rings. The monoisotopic (exact) mass is 402 g/mol. The van der Waals surface area contributed by atoms with Gasteiger partial charge in [0.2, 0.25) is 0 Å². The number of hydrogen-bond donors (Lipinski definition) is 1. The Balaban J connectivity index is -0.000000856. The van der Waals surface area contributed by atoms with Gasteiger partial charge in [0.1, 0.15) is 12.5 Å². The molecule has 0 amide bonds. The molecule has 0 unspecified atom stereocenters. The van der Waals surface area contributed by atoms with Gasteiger partial charge in [-0.2, -0.15) is 0 Å². The first-order valence-corrected chi connectivity index (χ1v) is 10.2. The molecule has 0 radical (unpaired) electrons. The average molecular weight is 403 g/mol. The molecule has 164 valence electrons. The molecule has 0 fully saturated rings. The van der Waals surface area contributed by atoms with Crippen LogP contribution in [0.25, 0.3) is 11.8 Å². The van der Waals surface area contributed by atoms with Crippen LogP contribution >= 0.6 is 0 Å². The van der Waals surface area contributed by atoms with Gasteiger partial charge < -0.3 is 14.8 Å². The molecule has 4 nitrogen and oxygen atoms in total. The van der Waals surface area contributed by atoms with Crippen LogP contribution in [0.2, 0.25) is 0 Å². The number of nitrogens with zero attached hydrogens (tertiary/aromatic N) is 1. The lowest BCUT2D eigenvalue weighted by Gasteiger charge is -2.14. The van der Waals surface area contributed by atoms with Crippen molar-refractivity contribution in [3.8, 4) is 0 Å². The molecule has 0 aliphatic carbocycles. The predicted octanol–water partition coefficient (Wildman–Crippen LogP) is 7.74. The standard InChI is InChI=1S/C19H26N2O.C3H8.C2H6.CH2O/c1-7-10-14(4)22-19(9-3)17-12-11-16(8-2)18(13-17)21-15(5)20-6;1-3-2;2*1-2/h8-13H,2,7H2,1,3-6H3,(H,20,21);3H2,1-2H3;1-2H3;1H2/b14-10+,19-9-;;;. The summed E-state index contributed by atoms with van der Waals surface area (Å²) in [7, 11) is 1.76. The SMILES string of the molecule is C=Cc1ccc(/C(=C/C)O/C(C)=C/CC)cc1NC(C)=NC.C=O.CC.CCC. The minimum absolute atomic E-state index is 0.840. The first-order chi connectivity index (χ1) is 14.0. The summed E-state index contributed by atoms with van der Waals surface area (Å²) in [6, 6.07) is 6.12. The van der Waals surface area contributed by atoms with Crippen LogP contribution in [0.15, 0.2) is 47.7 Å². The van der Waals surface area contributed by atoms with Gasteiger partial charge in [0.05, 0.1) is 11.6 Å². The Labute approximate surface area is 179 Å². The van der Waals surface area contributed by atoms with Crippen molar-refractivity contribution in [2.75, 3.05) is 12.4 Å². The fourth-order valence-corrected chi connectivity index (χ4v) is 2.03. The van der Waals surface area contributed by atoms with Crippen LogP contribution in [-0.4, -0.2) is 19.7 Å². The van der Waals surface area contributed by atoms with Crippen LogP contribution in [0.4, 0.5) is 5.69 Å². The molecule has 1 rings (SSSR count). The lowest BCUT2D eigenvalue weighted by atomic mass is 10.1. The second kappa shape index (κ2) is 21.7. The normalized spacial score (nSPS) is 10.9. The molecular weight excluding hydrogens is 360 g/mol. The average Bonchev–Trinajstić information content (AvgIpc) is 2.75. The molecule has 0 aliphatic rings. The maximum absolute atomic E-state index is 8.00. The molecule has 29 heavy (non-hydrogen) atoms. The maximum Gasteiger partial charge on any atom is 0.129 e. The van der Waals surface area contributed by atoms with E-state index in [0.717, 1.165) is 40.6 Å². The minimum atomic E-state index is 0.840. The van der Waals surface area contributed by atoms with Crippen molar-refractivity contribution in [3.05, 3.63) is 53.8 Å². The van der Waals surface area contributed by atoms with Gasteiger partial charge in [0.15, 0.2) is 0 Å². The number of benzene rings is 1. The van der Waals surface area contributed by atoms with Gasteiger partial charge in [0, 0.05) is 18.3 Å². The Bertz CT molecular complexity index is 644. The van der Waals surface area contributed by atoms with Gasteiger partial charge in [0.25, 0.3) is 0 Å². The van der Waals surface area contributed by atoms with Crippen molar-refractivity contribution < 1.29 is 9.53 Å². The van der Waals surface area contributed by atoms with Gasteiger partial charge in [-0.05, 0) is 51.0 Å². The first kappa shape index (κ1) is 31.1. The summed E-state index contributed by atoms with van der Waals surface area (Å²) in [5.74, 6) is 2.60. The topological polar surface area (TPSA) is 50.7 Å². The van der Waals surface area contributed by atoms with Crippen molar-refractivity contribution in [1.82, 2.24) is 0 Å². The number of anilines is 1. The fraction of sp³-hybridized carbons (Fsp3) is 0.440. The minimum Gasteiger partial charge on any atom is -0.462 e. The second-order valence-corrected chi connectivity index (χ2v) is 5.63. The third-order valence-electron chi connectivity index (χ3n) is 3.23. The zero-order valence-electron chi connectivity index (χ0n) is 20.1. The highest BCUT2D eigenvalue weighted by Crippen LogP contribution is 2.26.